The molecular formula is C12H20N4O7S. The van der Waals surface area contributed by atoms with Crippen LogP contribution in [0.5, 0.6) is 0 Å². The minimum atomic E-state index is -1.24. The minimum Gasteiger partial charge on any atom is -0.481 e. The van der Waals surface area contributed by atoms with Gasteiger partial charge in [0.2, 0.25) is 17.7 Å². The number of thiol groups is 1. The maximum Gasteiger partial charge on any atom is 0.322 e. The van der Waals surface area contributed by atoms with Crippen molar-refractivity contribution in [2.75, 3.05) is 18.8 Å². The summed E-state index contributed by atoms with van der Waals surface area (Å²) in [6.45, 7) is -1.08. The number of rotatable bonds is 11. The van der Waals surface area contributed by atoms with Gasteiger partial charge in [0.05, 0.1) is 12.6 Å². The highest BCUT2D eigenvalue weighted by atomic mass is 32.1. The van der Waals surface area contributed by atoms with E-state index in [0.29, 0.717) is 0 Å². The molecule has 0 aromatic rings. The van der Waals surface area contributed by atoms with Crippen LogP contribution in [-0.4, -0.2) is 70.8 Å². The molecule has 7 N–H and O–H groups in total. The second-order valence-electron chi connectivity index (χ2n) is 4.67. The number of hydrogen-bond donors (Lipinski definition) is 7. The molecule has 3 amide bonds. The summed E-state index contributed by atoms with van der Waals surface area (Å²) in [4.78, 5) is 55.6. The summed E-state index contributed by atoms with van der Waals surface area (Å²) < 4.78 is 0. The highest BCUT2D eigenvalue weighted by Gasteiger charge is 2.21. The summed E-state index contributed by atoms with van der Waals surface area (Å²) in [7, 11) is 0. The maximum atomic E-state index is 11.7. The second-order valence-corrected chi connectivity index (χ2v) is 5.04. The Morgan fingerprint density at radius 2 is 1.54 bits per heavy atom. The lowest BCUT2D eigenvalue weighted by atomic mass is 10.1. The van der Waals surface area contributed by atoms with Crippen molar-refractivity contribution < 1.29 is 34.2 Å². The number of carboxylic acids is 2. The molecule has 136 valence electrons. The second kappa shape index (κ2) is 11.2. The molecule has 2 atom stereocenters. The number of carbonyl (C=O) groups is 5. The summed E-state index contributed by atoms with van der Waals surface area (Å²) in [5.41, 5.74) is 5.46. The molecule has 0 saturated carbocycles. The Morgan fingerprint density at radius 1 is 0.958 bits per heavy atom. The zero-order chi connectivity index (χ0) is 18.7. The van der Waals surface area contributed by atoms with Crippen LogP contribution in [0.1, 0.15) is 12.8 Å². The molecule has 0 fully saturated rings. The fraction of sp³-hybridized carbons (Fsp3) is 0.583. The van der Waals surface area contributed by atoms with Crippen molar-refractivity contribution in [1.29, 1.82) is 0 Å². The van der Waals surface area contributed by atoms with Gasteiger partial charge in [0.25, 0.3) is 0 Å². The van der Waals surface area contributed by atoms with Gasteiger partial charge in [0, 0.05) is 12.2 Å². The molecule has 0 aliphatic rings. The van der Waals surface area contributed by atoms with E-state index >= 15 is 0 Å². The lowest BCUT2D eigenvalue weighted by molar-refractivity contribution is -0.138. The molecule has 0 bridgehead atoms. The van der Waals surface area contributed by atoms with Crippen molar-refractivity contribution in [1.82, 2.24) is 16.0 Å². The van der Waals surface area contributed by atoms with E-state index in [0.717, 1.165) is 0 Å². The predicted molar refractivity (Wildman–Crippen MR) is 84.3 cm³/mol. The lowest BCUT2D eigenvalue weighted by Crippen LogP contribution is -2.52. The quantitative estimate of drug-likeness (QED) is 0.188. The fourth-order valence-electron chi connectivity index (χ4n) is 1.43. The highest BCUT2D eigenvalue weighted by molar-refractivity contribution is 7.80. The Morgan fingerprint density at radius 3 is 2.04 bits per heavy atom. The zero-order valence-corrected chi connectivity index (χ0v) is 13.5. The summed E-state index contributed by atoms with van der Waals surface area (Å²) >= 11 is 3.88. The number of carbonyl (C=O) groups excluding carboxylic acids is 3. The van der Waals surface area contributed by atoms with Crippen LogP contribution in [0.25, 0.3) is 0 Å². The number of carboxylic acid groups (broad SMARTS) is 2. The van der Waals surface area contributed by atoms with Crippen LogP contribution >= 0.6 is 12.6 Å². The Labute approximate surface area is 142 Å². The SMILES string of the molecule is N[C@@H](CCC(=O)O)C(=O)NCC(=O)N[C@@H](CS)C(=O)NCC(=O)O. The van der Waals surface area contributed by atoms with Gasteiger partial charge in [-0.05, 0) is 6.42 Å². The highest BCUT2D eigenvalue weighted by Crippen LogP contribution is 1.94. The third-order valence-corrected chi connectivity index (χ3v) is 3.04. The maximum absolute atomic E-state index is 11.7. The van der Waals surface area contributed by atoms with E-state index in [-0.39, 0.29) is 18.6 Å². The van der Waals surface area contributed by atoms with E-state index in [4.69, 9.17) is 15.9 Å². The fourth-order valence-corrected chi connectivity index (χ4v) is 1.69. The van der Waals surface area contributed by atoms with Crippen LogP contribution in [0.3, 0.4) is 0 Å². The molecule has 0 saturated heterocycles. The first-order valence-electron chi connectivity index (χ1n) is 6.82. The van der Waals surface area contributed by atoms with Crippen LogP contribution < -0.4 is 21.7 Å². The first-order chi connectivity index (χ1) is 11.2. The Balaban J connectivity index is 4.25. The first kappa shape index (κ1) is 21.7. The summed E-state index contributed by atoms with van der Waals surface area (Å²) in [6.07, 6.45) is -0.369. The Hall–Kier alpha value is -2.34. The number of nitrogens with one attached hydrogen (secondary N) is 3. The summed E-state index contributed by atoms with van der Waals surface area (Å²) in [5.74, 6) is -4.56. The molecule has 0 aromatic heterocycles. The predicted octanol–water partition coefficient (Wildman–Crippen LogP) is -3.09. The van der Waals surface area contributed by atoms with Gasteiger partial charge in [-0.2, -0.15) is 12.6 Å². The van der Waals surface area contributed by atoms with Crippen molar-refractivity contribution in [2.45, 2.75) is 24.9 Å². The number of hydrogen-bond acceptors (Lipinski definition) is 7. The van der Waals surface area contributed by atoms with Crippen LogP contribution in [0.15, 0.2) is 0 Å². The van der Waals surface area contributed by atoms with Gasteiger partial charge in [0.1, 0.15) is 12.6 Å². The molecule has 0 unspecified atom stereocenters. The van der Waals surface area contributed by atoms with Gasteiger partial charge in [-0.3, -0.25) is 24.0 Å². The Kier molecular flexibility index (Phi) is 10.1. The van der Waals surface area contributed by atoms with Gasteiger partial charge < -0.3 is 31.9 Å². The molecule has 0 rings (SSSR count). The van der Waals surface area contributed by atoms with Crippen molar-refractivity contribution >= 4 is 42.3 Å². The largest absolute Gasteiger partial charge is 0.481 e. The molecular weight excluding hydrogens is 344 g/mol. The van der Waals surface area contributed by atoms with Gasteiger partial charge in [0.15, 0.2) is 0 Å². The van der Waals surface area contributed by atoms with Gasteiger partial charge in [-0.1, -0.05) is 0 Å². The number of nitrogens with two attached hydrogens (primary N) is 1. The minimum absolute atomic E-state index is 0.0801. The third-order valence-electron chi connectivity index (χ3n) is 2.68. The summed E-state index contributed by atoms with van der Waals surface area (Å²) in [5, 5.41) is 23.5. The van der Waals surface area contributed by atoms with Crippen LogP contribution in [0.2, 0.25) is 0 Å². The molecule has 11 nitrogen and oxygen atoms in total. The molecule has 0 radical (unpaired) electrons. The summed E-state index contributed by atoms with van der Waals surface area (Å²) in [6, 6.07) is -2.15. The van der Waals surface area contributed by atoms with E-state index < -0.39 is 54.8 Å². The Bertz CT molecular complexity index is 500. The van der Waals surface area contributed by atoms with Gasteiger partial charge >= 0.3 is 11.9 Å². The van der Waals surface area contributed by atoms with E-state index in [1.807, 2.05) is 0 Å². The van der Waals surface area contributed by atoms with Crippen molar-refractivity contribution in [3.05, 3.63) is 0 Å². The molecule has 0 heterocycles. The van der Waals surface area contributed by atoms with Crippen molar-refractivity contribution in [3.63, 3.8) is 0 Å². The van der Waals surface area contributed by atoms with E-state index in [1.54, 1.807) is 0 Å². The average molecular weight is 364 g/mol. The lowest BCUT2D eigenvalue weighted by Gasteiger charge is -2.16. The molecule has 0 aliphatic carbocycles. The monoisotopic (exact) mass is 364 g/mol. The standard InChI is InChI=1S/C12H20N4O7S/c13-6(1-2-9(18)19)11(22)14-3-8(17)16-7(5-24)12(23)15-4-10(20)21/h6-7,24H,1-5,13H2,(H,14,22)(H,15,23)(H,16,17)(H,18,19)(H,20,21)/t6-,7-/m0/s1. The smallest absolute Gasteiger partial charge is 0.322 e. The van der Waals surface area contributed by atoms with Gasteiger partial charge in [-0.15, -0.1) is 0 Å². The van der Waals surface area contributed by atoms with Crippen LogP contribution in [0.4, 0.5) is 0 Å². The van der Waals surface area contributed by atoms with Crippen molar-refractivity contribution in [3.8, 4) is 0 Å². The normalized spacial score (nSPS) is 12.6. The number of aliphatic carboxylic acids is 2. The molecule has 24 heavy (non-hydrogen) atoms. The topological polar surface area (TPSA) is 188 Å². The van der Waals surface area contributed by atoms with E-state index in [1.165, 1.54) is 0 Å². The zero-order valence-electron chi connectivity index (χ0n) is 12.7. The third kappa shape index (κ3) is 9.63. The van der Waals surface area contributed by atoms with Gasteiger partial charge in [-0.25, -0.2) is 0 Å². The van der Waals surface area contributed by atoms with Crippen LogP contribution in [-0.2, 0) is 24.0 Å². The van der Waals surface area contributed by atoms with Crippen LogP contribution in [0, 0.1) is 0 Å². The average Bonchev–Trinajstić information content (AvgIpc) is 2.52. The van der Waals surface area contributed by atoms with E-state index in [9.17, 15) is 24.0 Å². The number of amides is 3. The molecule has 0 spiro atoms. The molecule has 0 aromatic carbocycles. The first-order valence-corrected chi connectivity index (χ1v) is 7.45. The van der Waals surface area contributed by atoms with E-state index in [2.05, 4.69) is 28.6 Å². The molecule has 0 aliphatic heterocycles. The molecule has 12 heteroatoms. The van der Waals surface area contributed by atoms with Crippen molar-refractivity contribution in [2.24, 2.45) is 5.73 Å².